The maximum absolute atomic E-state index is 11.1. The molecule has 13 heavy (non-hydrogen) atoms. The quantitative estimate of drug-likeness (QED) is 0.468. The average molecular weight is 247 g/mol. The van der Waals surface area contributed by atoms with Gasteiger partial charge in [0.1, 0.15) is 0 Å². The topological polar surface area (TPSA) is 72.9 Å². The van der Waals surface area contributed by atoms with Gasteiger partial charge < -0.3 is 0 Å². The molecule has 0 aliphatic heterocycles. The Bertz CT molecular complexity index is 309. The van der Waals surface area contributed by atoms with Gasteiger partial charge in [0.15, 0.2) is 5.69 Å². The predicted molar refractivity (Wildman–Crippen MR) is 51.9 cm³/mol. The molecule has 0 aliphatic carbocycles. The van der Waals surface area contributed by atoms with E-state index in [0.717, 1.165) is 13.0 Å². The number of amides is 1. The Balaban J connectivity index is 2.89. The van der Waals surface area contributed by atoms with Crippen LogP contribution in [-0.2, 0) is 6.54 Å². The zero-order chi connectivity index (χ0) is 9.84. The highest BCUT2D eigenvalue weighted by molar-refractivity contribution is 9.10. The van der Waals surface area contributed by atoms with Crippen molar-refractivity contribution in [2.24, 2.45) is 5.84 Å². The van der Waals surface area contributed by atoms with Gasteiger partial charge in [0.25, 0.3) is 5.91 Å². The summed E-state index contributed by atoms with van der Waals surface area (Å²) >= 11 is 3.23. The van der Waals surface area contributed by atoms with E-state index in [4.69, 9.17) is 5.84 Å². The molecular weight excluding hydrogens is 236 g/mol. The van der Waals surface area contributed by atoms with E-state index in [9.17, 15) is 4.79 Å². The molecule has 0 saturated heterocycles. The smallest absolute Gasteiger partial charge is 0.286 e. The fourth-order valence-electron chi connectivity index (χ4n) is 0.963. The molecule has 1 aromatic rings. The summed E-state index contributed by atoms with van der Waals surface area (Å²) in [6.45, 7) is 2.83. The van der Waals surface area contributed by atoms with Crippen LogP contribution in [0.3, 0.4) is 0 Å². The van der Waals surface area contributed by atoms with Gasteiger partial charge in [-0.25, -0.2) is 5.84 Å². The first kappa shape index (κ1) is 10.2. The highest BCUT2D eigenvalue weighted by Crippen LogP contribution is 2.14. The summed E-state index contributed by atoms with van der Waals surface area (Å²) in [5.41, 5.74) is 2.35. The van der Waals surface area contributed by atoms with Gasteiger partial charge in [-0.3, -0.25) is 14.9 Å². The molecule has 0 aliphatic rings. The van der Waals surface area contributed by atoms with Crippen molar-refractivity contribution in [3.8, 4) is 0 Å². The van der Waals surface area contributed by atoms with E-state index in [0.29, 0.717) is 10.2 Å². The van der Waals surface area contributed by atoms with Gasteiger partial charge in [-0.2, -0.15) is 5.10 Å². The van der Waals surface area contributed by atoms with Gasteiger partial charge in [-0.15, -0.1) is 0 Å². The summed E-state index contributed by atoms with van der Waals surface area (Å²) in [6.07, 6.45) is 2.73. The minimum absolute atomic E-state index is 0.316. The molecule has 1 heterocycles. The van der Waals surface area contributed by atoms with Gasteiger partial charge in [0.2, 0.25) is 0 Å². The SMILES string of the molecule is CCCn1cc(Br)c(C(=O)NN)n1. The number of hydrogen-bond donors (Lipinski definition) is 2. The number of aryl methyl sites for hydroxylation is 1. The van der Waals surface area contributed by atoms with Crippen LogP contribution in [0.5, 0.6) is 0 Å². The first-order chi connectivity index (χ1) is 6.19. The lowest BCUT2D eigenvalue weighted by Crippen LogP contribution is -2.30. The number of carbonyl (C=O) groups excluding carboxylic acids is 1. The zero-order valence-electron chi connectivity index (χ0n) is 7.25. The molecule has 1 rings (SSSR count). The number of carbonyl (C=O) groups is 1. The van der Waals surface area contributed by atoms with E-state index in [1.165, 1.54) is 0 Å². The molecule has 1 amide bonds. The van der Waals surface area contributed by atoms with Gasteiger partial charge in [0, 0.05) is 12.7 Å². The minimum Gasteiger partial charge on any atom is -0.289 e. The molecule has 5 nitrogen and oxygen atoms in total. The molecule has 1 aromatic heterocycles. The van der Waals surface area contributed by atoms with E-state index in [1.54, 1.807) is 10.9 Å². The number of hydrazine groups is 1. The van der Waals surface area contributed by atoms with Gasteiger partial charge in [-0.05, 0) is 22.4 Å². The number of aromatic nitrogens is 2. The molecule has 0 spiro atoms. The van der Waals surface area contributed by atoms with Crippen LogP contribution < -0.4 is 11.3 Å². The Morgan fingerprint density at radius 3 is 3.08 bits per heavy atom. The number of nitrogens with two attached hydrogens (primary N) is 1. The number of nitrogens with zero attached hydrogens (tertiary/aromatic N) is 2. The number of rotatable bonds is 3. The summed E-state index contributed by atoms with van der Waals surface area (Å²) in [6, 6.07) is 0. The Morgan fingerprint density at radius 2 is 2.54 bits per heavy atom. The third-order valence-corrected chi connectivity index (χ3v) is 2.10. The second kappa shape index (κ2) is 4.38. The molecule has 0 bridgehead atoms. The number of nitrogen functional groups attached to an aromatic ring is 1. The zero-order valence-corrected chi connectivity index (χ0v) is 8.84. The van der Waals surface area contributed by atoms with Crippen molar-refractivity contribution in [2.45, 2.75) is 19.9 Å². The monoisotopic (exact) mass is 246 g/mol. The molecular formula is C7H11BrN4O. The summed E-state index contributed by atoms with van der Waals surface area (Å²) in [4.78, 5) is 11.1. The molecule has 0 saturated carbocycles. The molecule has 0 atom stereocenters. The van der Waals surface area contributed by atoms with Crippen molar-refractivity contribution in [2.75, 3.05) is 0 Å². The van der Waals surface area contributed by atoms with E-state index < -0.39 is 0 Å². The summed E-state index contributed by atoms with van der Waals surface area (Å²) in [5.74, 6) is 4.60. The van der Waals surface area contributed by atoms with Crippen LogP contribution in [0, 0.1) is 0 Å². The number of hydrogen-bond acceptors (Lipinski definition) is 3. The second-order valence-electron chi connectivity index (χ2n) is 2.56. The van der Waals surface area contributed by atoms with E-state index in [-0.39, 0.29) is 5.91 Å². The molecule has 0 aromatic carbocycles. The predicted octanol–water partition coefficient (Wildman–Crippen LogP) is 0.659. The highest BCUT2D eigenvalue weighted by Gasteiger charge is 2.13. The second-order valence-corrected chi connectivity index (χ2v) is 3.42. The maximum Gasteiger partial charge on any atom is 0.286 e. The lowest BCUT2D eigenvalue weighted by molar-refractivity contribution is 0.0947. The lowest BCUT2D eigenvalue weighted by atomic mass is 10.4. The third kappa shape index (κ3) is 2.28. The van der Waals surface area contributed by atoms with Crippen LogP contribution >= 0.6 is 15.9 Å². The summed E-state index contributed by atoms with van der Waals surface area (Å²) < 4.78 is 2.36. The van der Waals surface area contributed by atoms with Crippen LogP contribution in [0.2, 0.25) is 0 Å². The van der Waals surface area contributed by atoms with E-state index in [2.05, 4.69) is 21.0 Å². The van der Waals surface area contributed by atoms with Crippen molar-refractivity contribution in [3.63, 3.8) is 0 Å². The number of halogens is 1. The molecule has 6 heteroatoms. The normalized spacial score (nSPS) is 10.1. The Hall–Kier alpha value is -0.880. The Labute approximate surface area is 84.4 Å². The summed E-state index contributed by atoms with van der Waals surface area (Å²) in [7, 11) is 0. The molecule has 72 valence electrons. The first-order valence-corrected chi connectivity index (χ1v) is 4.72. The molecule has 3 N–H and O–H groups in total. The van der Waals surface area contributed by atoms with Crippen LogP contribution in [0.1, 0.15) is 23.8 Å². The minimum atomic E-state index is -0.387. The van der Waals surface area contributed by atoms with Gasteiger partial charge in [0.05, 0.1) is 4.47 Å². The molecule has 0 radical (unpaired) electrons. The van der Waals surface area contributed by atoms with Gasteiger partial charge in [-0.1, -0.05) is 6.92 Å². The van der Waals surface area contributed by atoms with Crippen molar-refractivity contribution >= 4 is 21.8 Å². The summed E-state index contributed by atoms with van der Waals surface area (Å²) in [5, 5.41) is 4.05. The van der Waals surface area contributed by atoms with Gasteiger partial charge >= 0.3 is 0 Å². The number of nitrogens with one attached hydrogen (secondary N) is 1. The van der Waals surface area contributed by atoms with Crippen LogP contribution in [0.15, 0.2) is 10.7 Å². The average Bonchev–Trinajstić information content (AvgIpc) is 2.46. The Morgan fingerprint density at radius 1 is 1.85 bits per heavy atom. The van der Waals surface area contributed by atoms with Crippen molar-refractivity contribution < 1.29 is 4.79 Å². The van der Waals surface area contributed by atoms with Crippen LogP contribution in [-0.4, -0.2) is 15.7 Å². The first-order valence-electron chi connectivity index (χ1n) is 3.93. The molecule has 0 fully saturated rings. The van der Waals surface area contributed by atoms with Crippen LogP contribution in [0.25, 0.3) is 0 Å². The van der Waals surface area contributed by atoms with Crippen molar-refractivity contribution in [1.82, 2.24) is 15.2 Å². The largest absolute Gasteiger partial charge is 0.289 e. The van der Waals surface area contributed by atoms with Crippen molar-refractivity contribution in [3.05, 3.63) is 16.4 Å². The molecule has 0 unspecified atom stereocenters. The van der Waals surface area contributed by atoms with Crippen LogP contribution in [0.4, 0.5) is 0 Å². The maximum atomic E-state index is 11.1. The highest BCUT2D eigenvalue weighted by atomic mass is 79.9. The standard InChI is InChI=1S/C7H11BrN4O/c1-2-3-12-4-5(8)6(11-12)7(13)10-9/h4H,2-3,9H2,1H3,(H,10,13). The fraction of sp³-hybridized carbons (Fsp3) is 0.429. The lowest BCUT2D eigenvalue weighted by Gasteiger charge is -1.95. The third-order valence-electron chi connectivity index (χ3n) is 1.52. The van der Waals surface area contributed by atoms with E-state index in [1.807, 2.05) is 12.3 Å². The fourth-order valence-corrected chi connectivity index (χ4v) is 1.46. The Kier molecular flexibility index (Phi) is 3.44. The van der Waals surface area contributed by atoms with Crippen molar-refractivity contribution in [1.29, 1.82) is 0 Å². The van der Waals surface area contributed by atoms with E-state index >= 15 is 0 Å².